The molecule has 0 unspecified atom stereocenters. The third kappa shape index (κ3) is 4.30. The zero-order chi connectivity index (χ0) is 17.8. The van der Waals surface area contributed by atoms with E-state index in [-0.39, 0.29) is 5.92 Å². The van der Waals surface area contributed by atoms with Crippen LogP contribution >= 0.6 is 0 Å². The molecule has 0 spiro atoms. The number of piperazine rings is 1. The maximum absolute atomic E-state index is 12.9. The molecule has 0 N–H and O–H groups in total. The molecule has 0 aliphatic carbocycles. The van der Waals surface area contributed by atoms with E-state index < -0.39 is 0 Å². The van der Waals surface area contributed by atoms with Crippen LogP contribution in [0, 0.1) is 5.92 Å². The van der Waals surface area contributed by atoms with E-state index in [1.165, 1.54) is 0 Å². The largest absolute Gasteiger partial charge is 0.468 e. The minimum atomic E-state index is 0.206. The lowest BCUT2D eigenvalue weighted by Gasteiger charge is -2.42. The fourth-order valence-electron chi connectivity index (χ4n) is 4.58. The first kappa shape index (κ1) is 18.0. The molecule has 3 aliphatic heterocycles. The van der Waals surface area contributed by atoms with Crippen molar-refractivity contribution in [1.29, 1.82) is 0 Å². The van der Waals surface area contributed by atoms with E-state index in [0.29, 0.717) is 11.9 Å². The topological polar surface area (TPSA) is 49.2 Å². The molecule has 6 nitrogen and oxygen atoms in total. The molecule has 0 saturated carbocycles. The number of nitrogens with zero attached hydrogens (tertiary/aromatic N) is 3. The Hall–Kier alpha value is -1.37. The van der Waals surface area contributed by atoms with Gasteiger partial charge in [-0.15, -0.1) is 0 Å². The van der Waals surface area contributed by atoms with Gasteiger partial charge < -0.3 is 14.1 Å². The highest BCUT2D eigenvalue weighted by molar-refractivity contribution is 5.79. The number of hydrogen-bond donors (Lipinski definition) is 0. The molecule has 3 fully saturated rings. The molecule has 3 aliphatic rings. The van der Waals surface area contributed by atoms with Crippen LogP contribution in [-0.2, 0) is 16.1 Å². The van der Waals surface area contributed by atoms with Gasteiger partial charge in [0.2, 0.25) is 5.91 Å². The van der Waals surface area contributed by atoms with E-state index in [4.69, 9.17) is 9.15 Å². The van der Waals surface area contributed by atoms with Crippen LogP contribution in [0.25, 0.3) is 0 Å². The van der Waals surface area contributed by atoms with Gasteiger partial charge in [0, 0.05) is 51.4 Å². The van der Waals surface area contributed by atoms with Gasteiger partial charge in [0.1, 0.15) is 5.76 Å². The van der Waals surface area contributed by atoms with Gasteiger partial charge in [0.05, 0.1) is 12.8 Å². The third-order valence-corrected chi connectivity index (χ3v) is 6.23. The predicted octanol–water partition coefficient (Wildman–Crippen LogP) is 1.81. The van der Waals surface area contributed by atoms with Gasteiger partial charge in [-0.1, -0.05) is 0 Å². The molecule has 144 valence electrons. The van der Waals surface area contributed by atoms with Crippen LogP contribution in [0.5, 0.6) is 0 Å². The maximum Gasteiger partial charge on any atom is 0.225 e. The van der Waals surface area contributed by atoms with Crippen molar-refractivity contribution in [1.82, 2.24) is 14.7 Å². The van der Waals surface area contributed by atoms with E-state index >= 15 is 0 Å². The van der Waals surface area contributed by atoms with Crippen LogP contribution in [0.4, 0.5) is 0 Å². The zero-order valence-electron chi connectivity index (χ0n) is 15.6. The first-order chi connectivity index (χ1) is 12.8. The molecule has 26 heavy (non-hydrogen) atoms. The summed E-state index contributed by atoms with van der Waals surface area (Å²) in [6.45, 7) is 8.43. The number of rotatable bonds is 4. The summed E-state index contributed by atoms with van der Waals surface area (Å²) in [5, 5.41) is 0. The number of carbonyl (C=O) groups is 1. The van der Waals surface area contributed by atoms with Crippen LogP contribution in [0.15, 0.2) is 22.8 Å². The van der Waals surface area contributed by atoms with Gasteiger partial charge >= 0.3 is 0 Å². The van der Waals surface area contributed by atoms with Crippen molar-refractivity contribution in [3.63, 3.8) is 0 Å². The highest BCUT2D eigenvalue weighted by Crippen LogP contribution is 2.23. The van der Waals surface area contributed by atoms with Gasteiger partial charge in [0.25, 0.3) is 0 Å². The summed E-state index contributed by atoms with van der Waals surface area (Å²) in [5.74, 6) is 1.60. The highest BCUT2D eigenvalue weighted by Gasteiger charge is 2.32. The van der Waals surface area contributed by atoms with Crippen molar-refractivity contribution >= 4 is 5.91 Å². The number of hydrogen-bond acceptors (Lipinski definition) is 5. The number of piperidine rings is 1. The summed E-state index contributed by atoms with van der Waals surface area (Å²) in [5.41, 5.74) is 0. The molecule has 4 heterocycles. The Kier molecular flexibility index (Phi) is 5.92. The van der Waals surface area contributed by atoms with Gasteiger partial charge in [-0.05, 0) is 50.9 Å². The fourth-order valence-corrected chi connectivity index (χ4v) is 4.58. The van der Waals surface area contributed by atoms with Crippen molar-refractivity contribution in [2.45, 2.75) is 38.3 Å². The third-order valence-electron chi connectivity index (χ3n) is 6.23. The molecule has 1 amide bonds. The zero-order valence-corrected chi connectivity index (χ0v) is 15.6. The quantitative estimate of drug-likeness (QED) is 0.819. The van der Waals surface area contributed by atoms with Gasteiger partial charge in [-0.25, -0.2) is 0 Å². The summed E-state index contributed by atoms with van der Waals surface area (Å²) < 4.78 is 10.9. The maximum atomic E-state index is 12.9. The second-order valence-electron chi connectivity index (χ2n) is 7.83. The molecular weight excluding hydrogens is 330 g/mol. The summed E-state index contributed by atoms with van der Waals surface area (Å²) >= 11 is 0. The SMILES string of the molecule is O=C(C1CCN(Cc2ccco2)CC1)N1CCN(C2CCOCC2)CC1. The van der Waals surface area contributed by atoms with Crippen molar-refractivity contribution in [2.75, 3.05) is 52.5 Å². The second-order valence-corrected chi connectivity index (χ2v) is 7.83. The van der Waals surface area contributed by atoms with E-state index in [9.17, 15) is 4.79 Å². The second kappa shape index (κ2) is 8.55. The smallest absolute Gasteiger partial charge is 0.225 e. The van der Waals surface area contributed by atoms with Crippen LogP contribution in [0.1, 0.15) is 31.4 Å². The number of ether oxygens (including phenoxy) is 1. The fraction of sp³-hybridized carbons (Fsp3) is 0.750. The lowest BCUT2D eigenvalue weighted by atomic mass is 9.94. The molecule has 6 heteroatoms. The Bertz CT molecular complexity index is 555. The first-order valence-corrected chi connectivity index (χ1v) is 10.1. The number of amides is 1. The molecule has 1 aromatic rings. The summed E-state index contributed by atoms with van der Waals surface area (Å²) in [6, 6.07) is 4.62. The van der Waals surface area contributed by atoms with Crippen LogP contribution in [0.2, 0.25) is 0 Å². The van der Waals surface area contributed by atoms with E-state index in [0.717, 1.165) is 90.5 Å². The Balaban J connectivity index is 1.20. The average molecular weight is 361 g/mol. The number of carbonyl (C=O) groups excluding carboxylic acids is 1. The minimum absolute atomic E-state index is 0.206. The molecule has 0 atom stereocenters. The van der Waals surface area contributed by atoms with Crippen molar-refractivity contribution in [2.24, 2.45) is 5.92 Å². The van der Waals surface area contributed by atoms with Crippen molar-refractivity contribution in [3.05, 3.63) is 24.2 Å². The molecule has 4 rings (SSSR count). The van der Waals surface area contributed by atoms with Crippen molar-refractivity contribution < 1.29 is 13.9 Å². The van der Waals surface area contributed by atoms with Crippen LogP contribution in [0.3, 0.4) is 0 Å². The van der Waals surface area contributed by atoms with Crippen LogP contribution < -0.4 is 0 Å². The normalized spacial score (nSPS) is 24.8. The molecular formula is C20H31N3O3. The molecule has 0 aromatic carbocycles. The molecule has 1 aromatic heterocycles. The monoisotopic (exact) mass is 361 g/mol. The predicted molar refractivity (Wildman–Crippen MR) is 98.7 cm³/mol. The summed E-state index contributed by atoms with van der Waals surface area (Å²) in [6.07, 6.45) is 5.95. The lowest BCUT2D eigenvalue weighted by Crippen LogP contribution is -2.54. The summed E-state index contributed by atoms with van der Waals surface area (Å²) in [7, 11) is 0. The number of furan rings is 1. The lowest BCUT2D eigenvalue weighted by molar-refractivity contribution is -0.139. The van der Waals surface area contributed by atoms with Crippen LogP contribution in [-0.4, -0.2) is 79.1 Å². The molecule has 0 bridgehead atoms. The Labute approximate surface area is 156 Å². The highest BCUT2D eigenvalue weighted by atomic mass is 16.5. The number of likely N-dealkylation sites (tertiary alicyclic amines) is 1. The summed E-state index contributed by atoms with van der Waals surface area (Å²) in [4.78, 5) is 20.0. The standard InChI is InChI=1S/C20H31N3O3/c24-20(17-3-7-21(8-4-17)16-19-2-1-13-26-19)23-11-9-22(10-12-23)18-5-14-25-15-6-18/h1-2,13,17-18H,3-12,14-16H2. The average Bonchev–Trinajstić information content (AvgIpc) is 3.22. The first-order valence-electron chi connectivity index (χ1n) is 10.1. The van der Waals surface area contributed by atoms with E-state index in [1.807, 2.05) is 12.1 Å². The molecule has 0 radical (unpaired) electrons. The molecule has 3 saturated heterocycles. The Morgan fingerprint density at radius 2 is 1.73 bits per heavy atom. The minimum Gasteiger partial charge on any atom is -0.468 e. The van der Waals surface area contributed by atoms with E-state index in [1.54, 1.807) is 6.26 Å². The van der Waals surface area contributed by atoms with Gasteiger partial charge in [0.15, 0.2) is 0 Å². The van der Waals surface area contributed by atoms with Crippen molar-refractivity contribution in [3.8, 4) is 0 Å². The Morgan fingerprint density at radius 3 is 2.38 bits per heavy atom. The van der Waals surface area contributed by atoms with E-state index in [2.05, 4.69) is 14.7 Å². The Morgan fingerprint density at radius 1 is 1.00 bits per heavy atom. The van der Waals surface area contributed by atoms with Gasteiger partial charge in [-0.2, -0.15) is 0 Å². The van der Waals surface area contributed by atoms with Gasteiger partial charge in [-0.3, -0.25) is 14.6 Å².